The van der Waals surface area contributed by atoms with Gasteiger partial charge in [-0.2, -0.15) is 11.8 Å². The highest BCUT2D eigenvalue weighted by molar-refractivity contribution is 8.00. The minimum absolute atomic E-state index is 0.664. The van der Waals surface area contributed by atoms with Crippen molar-refractivity contribution in [3.8, 4) is 0 Å². The molecule has 2 saturated heterocycles. The third-order valence-corrected chi connectivity index (χ3v) is 6.08. The van der Waals surface area contributed by atoms with Gasteiger partial charge in [0.05, 0.1) is 0 Å². The van der Waals surface area contributed by atoms with Gasteiger partial charge in [-0.3, -0.25) is 9.80 Å². The third-order valence-electron chi connectivity index (χ3n) is 4.67. The molecule has 1 atom stereocenters. The van der Waals surface area contributed by atoms with E-state index in [0.717, 1.165) is 6.04 Å². The van der Waals surface area contributed by atoms with Crippen LogP contribution in [0.5, 0.6) is 0 Å². The van der Waals surface area contributed by atoms with Crippen molar-refractivity contribution in [2.45, 2.75) is 42.9 Å². The van der Waals surface area contributed by atoms with E-state index in [2.05, 4.69) is 27.8 Å². The normalized spacial score (nSPS) is 34.7. The van der Waals surface area contributed by atoms with Crippen LogP contribution in [0.2, 0.25) is 0 Å². The number of piperidine rings is 1. The molecular formula is C13H24N2S. The highest BCUT2D eigenvalue weighted by Crippen LogP contribution is 2.47. The van der Waals surface area contributed by atoms with E-state index in [-0.39, 0.29) is 0 Å². The molecule has 3 aliphatic rings. The largest absolute Gasteiger partial charge is 0.299 e. The number of nitrogens with zero attached hydrogens (tertiary/aromatic N) is 2. The zero-order chi connectivity index (χ0) is 11.0. The van der Waals surface area contributed by atoms with Gasteiger partial charge in [-0.05, 0) is 38.5 Å². The Bertz CT molecular complexity index is 252. The van der Waals surface area contributed by atoms with Crippen LogP contribution in [0, 0.1) is 0 Å². The summed E-state index contributed by atoms with van der Waals surface area (Å²) in [5, 5.41) is 0. The molecule has 16 heavy (non-hydrogen) atoms. The van der Waals surface area contributed by atoms with Crippen LogP contribution in [0.3, 0.4) is 0 Å². The van der Waals surface area contributed by atoms with Crippen LogP contribution in [-0.4, -0.2) is 59.6 Å². The molecule has 1 unspecified atom stereocenters. The van der Waals surface area contributed by atoms with Gasteiger partial charge in [-0.1, -0.05) is 6.42 Å². The lowest BCUT2D eigenvalue weighted by Crippen LogP contribution is -2.55. The van der Waals surface area contributed by atoms with Crippen molar-refractivity contribution in [2.75, 3.05) is 39.0 Å². The molecular weight excluding hydrogens is 216 g/mol. The molecule has 1 aliphatic carbocycles. The number of rotatable bonds is 3. The maximum atomic E-state index is 2.75. The van der Waals surface area contributed by atoms with Crippen LogP contribution >= 0.6 is 11.8 Å². The first-order valence-electron chi connectivity index (χ1n) is 6.83. The van der Waals surface area contributed by atoms with Gasteiger partial charge in [0.15, 0.2) is 0 Å². The Kier molecular flexibility index (Phi) is 3.20. The molecule has 2 aliphatic heterocycles. The van der Waals surface area contributed by atoms with Gasteiger partial charge in [0.25, 0.3) is 0 Å². The van der Waals surface area contributed by atoms with Crippen LogP contribution in [-0.2, 0) is 0 Å². The van der Waals surface area contributed by atoms with Crippen molar-refractivity contribution in [1.82, 2.24) is 9.80 Å². The van der Waals surface area contributed by atoms with Gasteiger partial charge < -0.3 is 0 Å². The van der Waals surface area contributed by atoms with Gasteiger partial charge in [0.1, 0.15) is 0 Å². The van der Waals surface area contributed by atoms with Crippen molar-refractivity contribution in [3.63, 3.8) is 0 Å². The van der Waals surface area contributed by atoms with Crippen molar-refractivity contribution in [1.29, 1.82) is 0 Å². The van der Waals surface area contributed by atoms with E-state index in [0.29, 0.717) is 4.75 Å². The fraction of sp³-hybridized carbons (Fsp3) is 1.00. The smallest absolute Gasteiger partial charge is 0.0285 e. The summed E-state index contributed by atoms with van der Waals surface area (Å²) in [6.45, 7) is 6.72. The summed E-state index contributed by atoms with van der Waals surface area (Å²) in [7, 11) is 0. The van der Waals surface area contributed by atoms with Gasteiger partial charge >= 0.3 is 0 Å². The van der Waals surface area contributed by atoms with Crippen molar-refractivity contribution < 1.29 is 0 Å². The minimum atomic E-state index is 0.664. The van der Waals surface area contributed by atoms with E-state index in [4.69, 9.17) is 0 Å². The Morgan fingerprint density at radius 2 is 2.06 bits per heavy atom. The molecule has 0 aromatic heterocycles. The Morgan fingerprint density at radius 1 is 1.19 bits per heavy atom. The summed E-state index contributed by atoms with van der Waals surface area (Å²) >= 11 is 2.11. The molecule has 0 N–H and O–H groups in total. The fourth-order valence-corrected chi connectivity index (χ4v) is 4.16. The van der Waals surface area contributed by atoms with Gasteiger partial charge in [-0.15, -0.1) is 0 Å². The average Bonchev–Trinajstić information content (AvgIpc) is 3.09. The first-order chi connectivity index (χ1) is 7.81. The highest BCUT2D eigenvalue weighted by Gasteiger charge is 2.44. The lowest BCUT2D eigenvalue weighted by molar-refractivity contribution is 0.0489. The zero-order valence-corrected chi connectivity index (χ0v) is 11.3. The highest BCUT2D eigenvalue weighted by atomic mass is 32.2. The van der Waals surface area contributed by atoms with Gasteiger partial charge in [-0.25, -0.2) is 0 Å². The number of hydrogen-bond acceptors (Lipinski definition) is 3. The molecule has 3 fully saturated rings. The third kappa shape index (κ3) is 2.27. The average molecular weight is 240 g/mol. The summed E-state index contributed by atoms with van der Waals surface area (Å²) in [6, 6.07) is 0.889. The predicted molar refractivity (Wildman–Crippen MR) is 71.1 cm³/mol. The standard InChI is InChI=1S/C13H24N2S/c1-16-13(5-6-13)11-14-8-9-15-7-3-2-4-12(15)10-14/h12H,2-11H2,1H3. The molecule has 2 heterocycles. The summed E-state index contributed by atoms with van der Waals surface area (Å²) in [6.07, 6.45) is 9.55. The van der Waals surface area contributed by atoms with Gasteiger partial charge in [0, 0.05) is 37.0 Å². The van der Waals surface area contributed by atoms with Crippen LogP contribution in [0.15, 0.2) is 0 Å². The van der Waals surface area contributed by atoms with Crippen molar-refractivity contribution in [3.05, 3.63) is 0 Å². The Balaban J connectivity index is 1.54. The number of hydrogen-bond donors (Lipinski definition) is 0. The Labute approximate surface area is 104 Å². The molecule has 3 rings (SSSR count). The quantitative estimate of drug-likeness (QED) is 0.745. The second kappa shape index (κ2) is 4.51. The molecule has 0 amide bonds. The fourth-order valence-electron chi connectivity index (χ4n) is 3.34. The first kappa shape index (κ1) is 11.4. The predicted octanol–water partition coefficient (Wildman–Crippen LogP) is 2.05. The zero-order valence-electron chi connectivity index (χ0n) is 10.5. The topological polar surface area (TPSA) is 6.48 Å². The first-order valence-corrected chi connectivity index (χ1v) is 8.05. The van der Waals surface area contributed by atoms with E-state index in [1.807, 2.05) is 0 Å². The lowest BCUT2D eigenvalue weighted by Gasteiger charge is -2.44. The summed E-state index contributed by atoms with van der Waals surface area (Å²) in [5.41, 5.74) is 0. The lowest BCUT2D eigenvalue weighted by atomic mass is 9.99. The maximum absolute atomic E-state index is 2.75. The van der Waals surface area contributed by atoms with Crippen molar-refractivity contribution >= 4 is 11.8 Å². The van der Waals surface area contributed by atoms with Crippen molar-refractivity contribution in [2.24, 2.45) is 0 Å². The number of fused-ring (bicyclic) bond motifs is 1. The van der Waals surface area contributed by atoms with E-state index in [1.54, 1.807) is 0 Å². The Hall–Kier alpha value is 0.270. The minimum Gasteiger partial charge on any atom is -0.299 e. The second-order valence-electron chi connectivity index (χ2n) is 5.81. The molecule has 92 valence electrons. The maximum Gasteiger partial charge on any atom is 0.0285 e. The summed E-state index contributed by atoms with van der Waals surface area (Å²) in [5.74, 6) is 0. The number of thioether (sulfide) groups is 1. The molecule has 0 radical (unpaired) electrons. The van der Waals surface area contributed by atoms with E-state index < -0.39 is 0 Å². The molecule has 0 aromatic rings. The van der Waals surface area contributed by atoms with Crippen LogP contribution in [0.1, 0.15) is 32.1 Å². The second-order valence-corrected chi connectivity index (χ2v) is 7.08. The SMILES string of the molecule is CSC1(CN2CCN3CCCCC3C2)CC1. The number of piperazine rings is 1. The molecule has 0 spiro atoms. The van der Waals surface area contributed by atoms with Crippen LogP contribution in [0.4, 0.5) is 0 Å². The summed E-state index contributed by atoms with van der Waals surface area (Å²) in [4.78, 5) is 5.48. The molecule has 2 nitrogen and oxygen atoms in total. The van der Waals surface area contributed by atoms with Gasteiger partial charge in [0.2, 0.25) is 0 Å². The molecule has 0 bridgehead atoms. The van der Waals surface area contributed by atoms with Crippen LogP contribution < -0.4 is 0 Å². The monoisotopic (exact) mass is 240 g/mol. The molecule has 0 aromatic carbocycles. The van der Waals surface area contributed by atoms with E-state index >= 15 is 0 Å². The van der Waals surface area contributed by atoms with E-state index in [1.165, 1.54) is 64.8 Å². The van der Waals surface area contributed by atoms with Crippen LogP contribution in [0.25, 0.3) is 0 Å². The summed E-state index contributed by atoms with van der Waals surface area (Å²) < 4.78 is 0.664. The molecule has 3 heteroatoms. The Morgan fingerprint density at radius 3 is 2.81 bits per heavy atom. The molecule has 1 saturated carbocycles. The van der Waals surface area contributed by atoms with E-state index in [9.17, 15) is 0 Å².